The molecule has 0 aromatic rings. The van der Waals surface area contributed by atoms with Gasteiger partial charge in [0.25, 0.3) is 11.8 Å². The smallest absolute Gasteiger partial charge is 0.329 e. The molecule has 0 aliphatic carbocycles. The van der Waals surface area contributed by atoms with Crippen LogP contribution in [0.4, 0.5) is 0 Å². The summed E-state index contributed by atoms with van der Waals surface area (Å²) in [5, 5.41) is 32.4. The molecule has 0 radical (unpaired) electrons. The van der Waals surface area contributed by atoms with Crippen molar-refractivity contribution >= 4 is 64.1 Å². The third kappa shape index (κ3) is 11.6. The molecule has 20 heteroatoms. The van der Waals surface area contributed by atoms with Crippen LogP contribution < -0.4 is 21.3 Å². The average Bonchev–Trinajstić information content (AvgIpc) is 3.90. The highest BCUT2D eigenvalue weighted by Crippen LogP contribution is 2.30. The molecule has 0 spiro atoms. The van der Waals surface area contributed by atoms with E-state index >= 15 is 0 Å². The number of rotatable bonds is 4. The molecule has 4 aliphatic rings. The van der Waals surface area contributed by atoms with E-state index in [-0.39, 0.29) is 42.7 Å². The number of amides is 7. The largest absolute Gasteiger partial charge is 0.461 e. The number of carbonyl (C=O) groups excluding carboxylic acids is 8. The number of aliphatic hydroxyl groups is 2. The number of nitrogens with zero attached hydrogens (tertiary/aromatic N) is 4. The van der Waals surface area contributed by atoms with Crippen LogP contribution in [0.25, 0.3) is 0 Å². The second-order valence-electron chi connectivity index (χ2n) is 16.6. The Bertz CT molecular complexity index is 1720. The quantitative estimate of drug-likeness (QED) is 0.150. The summed E-state index contributed by atoms with van der Waals surface area (Å²) in [6.07, 6.45) is 0.988. The van der Waals surface area contributed by atoms with Gasteiger partial charge in [0.05, 0.1) is 17.2 Å². The average molecular weight is 863 g/mol. The third-order valence-corrected chi connectivity index (χ3v) is 12.2. The summed E-state index contributed by atoms with van der Waals surface area (Å²) >= 11 is 1.34. The number of hydrogen-bond acceptors (Lipinski definition) is 13. The van der Waals surface area contributed by atoms with Gasteiger partial charge in [0.2, 0.25) is 29.5 Å². The Morgan fingerprint density at radius 2 is 1.52 bits per heavy atom. The molecular weight excluding hydrogens is 801 g/mol. The standard InChI is InChI=1S/C40H62N8O11S/c1-9-24-37(55)47-15-11-10-13-27(47)34(53)45-30(23(7)49)39(57)46(8)31(21(4)5)40(58)59-18-29(50)35(54)41-22(6)32(51)43-25(17-20(2)3)38(56)48-16-12-14-28(48)36-44-26(19-60-36)33(52)42-24/h9,20-23,25-31,49-50H,10-19H2,1-8H3,(H,41,54)(H,42,52)(H,43,51)(H,45,53)/b24-9+/t22-,23?,25+,26?,27?,28-,29-,30-,31-/m0/s1. The maximum Gasteiger partial charge on any atom is 0.329 e. The van der Waals surface area contributed by atoms with Crippen molar-refractivity contribution in [3.05, 3.63) is 11.8 Å². The molecule has 9 atom stereocenters. The van der Waals surface area contributed by atoms with Gasteiger partial charge in [0, 0.05) is 25.9 Å². The maximum absolute atomic E-state index is 14.1. The van der Waals surface area contributed by atoms with Crippen molar-refractivity contribution in [2.24, 2.45) is 16.8 Å². The first-order chi connectivity index (χ1) is 28.3. The monoisotopic (exact) mass is 862 g/mol. The van der Waals surface area contributed by atoms with Crippen molar-refractivity contribution in [1.82, 2.24) is 36.0 Å². The maximum atomic E-state index is 14.1. The fraction of sp³-hybridized carbons (Fsp3) is 0.725. The molecule has 60 heavy (non-hydrogen) atoms. The number of hydrogen-bond donors (Lipinski definition) is 6. The lowest BCUT2D eigenvalue weighted by Gasteiger charge is -2.37. The Kier molecular flexibility index (Phi) is 17.1. The first kappa shape index (κ1) is 48.1. The summed E-state index contributed by atoms with van der Waals surface area (Å²) < 4.78 is 5.29. The number of nitrogens with one attached hydrogen (secondary N) is 4. The highest BCUT2D eigenvalue weighted by atomic mass is 32.2. The van der Waals surface area contributed by atoms with E-state index in [1.165, 1.54) is 43.6 Å². The number of ether oxygens (including phenoxy) is 1. The predicted octanol–water partition coefficient (Wildman–Crippen LogP) is -0.806. The van der Waals surface area contributed by atoms with Crippen molar-refractivity contribution in [1.29, 1.82) is 0 Å². The van der Waals surface area contributed by atoms with Crippen molar-refractivity contribution < 1.29 is 53.3 Å². The van der Waals surface area contributed by atoms with Crippen LogP contribution in [0.1, 0.15) is 87.0 Å². The number of piperidine rings is 1. The van der Waals surface area contributed by atoms with Crippen LogP contribution >= 0.6 is 11.8 Å². The minimum atomic E-state index is -1.91. The lowest BCUT2D eigenvalue weighted by Crippen LogP contribution is -2.61. The zero-order valence-corrected chi connectivity index (χ0v) is 36.6. The summed E-state index contributed by atoms with van der Waals surface area (Å²) in [5.41, 5.74) is -0.0665. The van der Waals surface area contributed by atoms with Gasteiger partial charge in [0.1, 0.15) is 48.6 Å². The van der Waals surface area contributed by atoms with Crippen molar-refractivity contribution in [2.45, 2.75) is 141 Å². The number of thioether (sulfide) groups is 1. The lowest BCUT2D eigenvalue weighted by atomic mass is 9.99. The Morgan fingerprint density at radius 1 is 0.850 bits per heavy atom. The van der Waals surface area contributed by atoms with Gasteiger partial charge in [-0.25, -0.2) is 4.79 Å². The molecule has 0 aromatic heterocycles. The summed E-state index contributed by atoms with van der Waals surface area (Å²) in [6, 6.07) is -7.42. The van der Waals surface area contributed by atoms with Gasteiger partial charge in [-0.2, -0.15) is 0 Å². The molecule has 2 bridgehead atoms. The fourth-order valence-corrected chi connectivity index (χ4v) is 9.02. The van der Waals surface area contributed by atoms with Crippen LogP contribution in [0.2, 0.25) is 0 Å². The number of aliphatic hydroxyl groups excluding tert-OH is 2. The molecule has 3 unspecified atom stereocenters. The number of esters is 1. The minimum Gasteiger partial charge on any atom is -0.461 e. The molecule has 0 aromatic carbocycles. The van der Waals surface area contributed by atoms with E-state index < -0.39 is 108 Å². The summed E-state index contributed by atoms with van der Waals surface area (Å²) in [4.78, 5) is 118. The third-order valence-electron chi connectivity index (χ3n) is 11.1. The van der Waals surface area contributed by atoms with Gasteiger partial charge in [0.15, 0.2) is 6.10 Å². The molecule has 4 aliphatic heterocycles. The number of carbonyl (C=O) groups is 8. The second kappa shape index (κ2) is 21.3. The van der Waals surface area contributed by atoms with Crippen LogP contribution in [-0.4, -0.2) is 164 Å². The zero-order chi connectivity index (χ0) is 44.6. The van der Waals surface area contributed by atoms with E-state index in [4.69, 9.17) is 9.73 Å². The van der Waals surface area contributed by atoms with Gasteiger partial charge in [-0.15, -0.1) is 11.8 Å². The number of allylic oxidation sites excluding steroid dienone is 1. The van der Waals surface area contributed by atoms with E-state index in [2.05, 4.69) is 21.3 Å². The highest BCUT2D eigenvalue weighted by molar-refractivity contribution is 8.14. The van der Waals surface area contributed by atoms with Crippen molar-refractivity contribution in [3.63, 3.8) is 0 Å². The van der Waals surface area contributed by atoms with Gasteiger partial charge in [-0.3, -0.25) is 38.6 Å². The molecule has 4 rings (SSSR count). The van der Waals surface area contributed by atoms with Gasteiger partial charge in [-0.05, 0) is 71.1 Å². The number of fused-ring (bicyclic) bond motifs is 4. The Labute approximate surface area is 355 Å². The molecule has 4 heterocycles. The Balaban J connectivity index is 1.68. The summed E-state index contributed by atoms with van der Waals surface area (Å²) in [6.45, 7) is 11.0. The van der Waals surface area contributed by atoms with Crippen molar-refractivity contribution in [2.75, 3.05) is 32.5 Å². The van der Waals surface area contributed by atoms with Crippen LogP contribution in [0, 0.1) is 11.8 Å². The van der Waals surface area contributed by atoms with Gasteiger partial charge in [-0.1, -0.05) is 33.8 Å². The Hall–Kier alpha value is -4.56. The zero-order valence-electron chi connectivity index (χ0n) is 35.8. The molecule has 2 saturated heterocycles. The molecule has 0 saturated carbocycles. The summed E-state index contributed by atoms with van der Waals surface area (Å²) in [5.74, 6) is -6.13. The van der Waals surface area contributed by atoms with E-state index in [9.17, 15) is 48.6 Å². The summed E-state index contributed by atoms with van der Waals surface area (Å²) in [7, 11) is 1.28. The van der Waals surface area contributed by atoms with Crippen molar-refractivity contribution in [3.8, 4) is 0 Å². The van der Waals surface area contributed by atoms with Crippen LogP contribution in [0.3, 0.4) is 0 Å². The Morgan fingerprint density at radius 3 is 2.15 bits per heavy atom. The van der Waals surface area contributed by atoms with Gasteiger partial charge >= 0.3 is 5.97 Å². The topological polar surface area (TPSA) is 256 Å². The predicted molar refractivity (Wildman–Crippen MR) is 221 cm³/mol. The normalized spacial score (nSPS) is 31.4. The van der Waals surface area contributed by atoms with Crippen LogP contribution in [-0.2, 0) is 43.1 Å². The van der Waals surface area contributed by atoms with E-state index in [0.29, 0.717) is 37.3 Å². The molecule has 19 nitrogen and oxygen atoms in total. The number of likely N-dealkylation sites (N-methyl/N-ethyl adjacent to an activating group) is 1. The first-order valence-electron chi connectivity index (χ1n) is 20.8. The molecule has 7 amide bonds. The number of cyclic esters (lactones) is 1. The second-order valence-corrected chi connectivity index (χ2v) is 17.7. The van der Waals surface area contributed by atoms with Gasteiger partial charge < -0.3 is 50.9 Å². The number of aliphatic imine (C=N–C) groups is 1. The van der Waals surface area contributed by atoms with Crippen LogP contribution in [0.5, 0.6) is 0 Å². The first-order valence-corrected chi connectivity index (χ1v) is 21.7. The van der Waals surface area contributed by atoms with E-state index in [0.717, 1.165) is 4.90 Å². The highest BCUT2D eigenvalue weighted by Gasteiger charge is 2.43. The van der Waals surface area contributed by atoms with Crippen LogP contribution in [0.15, 0.2) is 16.8 Å². The molecule has 6 N–H and O–H groups in total. The SMILES string of the molecule is C/C=C1/NC(=O)C2CSC(=N2)[C@@H]2CCCN2C(=O)[C@@H](CC(C)C)NC(=O)[C@H](C)NC(=O)[C@@H](O)COC(=O)[C@H](C(C)C)N(C)C(=O)[C@H](C(C)O)NC(=O)C2CCCCN2C1=O. The molecular formula is C40H62N8O11S. The lowest BCUT2D eigenvalue weighted by molar-refractivity contribution is -0.161. The van der Waals surface area contributed by atoms with E-state index in [1.807, 2.05) is 13.8 Å². The molecule has 334 valence electrons. The fourth-order valence-electron chi connectivity index (χ4n) is 7.82. The minimum absolute atomic E-state index is 0.0120. The molecule has 2 fully saturated rings. The van der Waals surface area contributed by atoms with E-state index in [1.54, 1.807) is 25.7 Å².